The maximum absolute atomic E-state index is 5.22. The minimum absolute atomic E-state index is 0. The van der Waals surface area contributed by atoms with E-state index in [2.05, 4.69) is 18.2 Å². The van der Waals surface area contributed by atoms with Crippen LogP contribution >= 0.6 is 12.4 Å². The third-order valence-electron chi connectivity index (χ3n) is 1.40. The van der Waals surface area contributed by atoms with Gasteiger partial charge in [0.25, 0.3) is 0 Å². The van der Waals surface area contributed by atoms with Crippen molar-refractivity contribution in [3.63, 3.8) is 0 Å². The van der Waals surface area contributed by atoms with Gasteiger partial charge in [0.05, 0.1) is 0 Å². The van der Waals surface area contributed by atoms with Crippen LogP contribution in [0.1, 0.15) is 6.42 Å². The summed E-state index contributed by atoms with van der Waals surface area (Å²) in [4.78, 5) is 0. The van der Waals surface area contributed by atoms with Crippen molar-refractivity contribution in [2.24, 2.45) is 0 Å². The molecule has 0 aliphatic heterocycles. The Labute approximate surface area is 80.5 Å². The van der Waals surface area contributed by atoms with Gasteiger partial charge in [-0.25, -0.2) is 0 Å². The normalized spacial score (nSPS) is 14.2. The predicted octanol–water partition coefficient (Wildman–Crippen LogP) is 1.99. The third-order valence-corrected chi connectivity index (χ3v) is 3.96. The monoisotopic (exact) mass is 211 g/mol. The Morgan fingerprint density at radius 1 is 1.36 bits per heavy atom. The molecule has 0 saturated carbocycles. The van der Waals surface area contributed by atoms with E-state index in [9.17, 15) is 0 Å². The van der Waals surface area contributed by atoms with E-state index in [1.54, 1.807) is 14.2 Å². The number of halogens is 1. The van der Waals surface area contributed by atoms with Gasteiger partial charge in [-0.05, 0) is 0 Å². The van der Waals surface area contributed by atoms with Gasteiger partial charge in [-0.3, -0.25) is 0 Å². The molecule has 63 valence electrons. The first kappa shape index (κ1) is 11.4. The Bertz CT molecular complexity index is 164. The maximum atomic E-state index is 5.22. The Kier molecular flexibility index (Phi) is 6.20. The second-order valence-electron chi connectivity index (χ2n) is 2.02. The molecule has 0 radical (unpaired) electrons. The molecule has 0 spiro atoms. The molecule has 0 atom stereocenters. The summed E-state index contributed by atoms with van der Waals surface area (Å²) < 4.78 is 11.8. The molecule has 0 fully saturated rings. The second kappa shape index (κ2) is 5.98. The molecule has 1 aliphatic rings. The molecular formula is C7H12ClO2Ti. The molecule has 0 amide bonds. The van der Waals surface area contributed by atoms with E-state index < -0.39 is 18.6 Å². The van der Waals surface area contributed by atoms with Gasteiger partial charge in [0.15, 0.2) is 0 Å². The number of hydrogen-bond acceptors (Lipinski definition) is 2. The quantitative estimate of drug-likeness (QED) is 0.665. The van der Waals surface area contributed by atoms with E-state index in [-0.39, 0.29) is 12.4 Å². The van der Waals surface area contributed by atoms with E-state index >= 15 is 0 Å². The zero-order valence-electron chi connectivity index (χ0n) is 6.66. The van der Waals surface area contributed by atoms with Crippen LogP contribution in [0.25, 0.3) is 0 Å². The maximum Gasteiger partial charge on any atom is -0.147 e. The Hall–Kier alpha value is 0.404. The van der Waals surface area contributed by atoms with Gasteiger partial charge in [0.1, 0.15) is 0 Å². The van der Waals surface area contributed by atoms with Crippen LogP contribution in [0, 0.1) is 0 Å². The van der Waals surface area contributed by atoms with E-state index in [1.165, 1.54) is 3.88 Å². The predicted molar refractivity (Wildman–Crippen MR) is 43.1 cm³/mol. The molecule has 0 saturated heterocycles. The number of rotatable bonds is 3. The van der Waals surface area contributed by atoms with Crippen molar-refractivity contribution in [2.45, 2.75) is 6.42 Å². The molecule has 2 nitrogen and oxygen atoms in total. The van der Waals surface area contributed by atoms with Crippen LogP contribution in [0.3, 0.4) is 0 Å². The van der Waals surface area contributed by atoms with Crippen LogP contribution in [0.15, 0.2) is 22.1 Å². The first-order valence-corrected chi connectivity index (χ1v) is 5.25. The number of hydrogen-bond donors (Lipinski definition) is 0. The fourth-order valence-corrected chi connectivity index (χ4v) is 2.83. The summed E-state index contributed by atoms with van der Waals surface area (Å²) in [5, 5.41) is 0. The summed E-state index contributed by atoms with van der Waals surface area (Å²) in [5.74, 6) is 0. The van der Waals surface area contributed by atoms with Crippen LogP contribution in [0.2, 0.25) is 0 Å². The van der Waals surface area contributed by atoms with Crippen molar-refractivity contribution in [1.82, 2.24) is 0 Å². The average molecular weight is 211 g/mol. The third kappa shape index (κ3) is 3.10. The van der Waals surface area contributed by atoms with Gasteiger partial charge in [-0.15, -0.1) is 12.4 Å². The molecule has 0 heterocycles. The molecule has 0 aromatic rings. The first-order chi connectivity index (χ1) is 4.88. The molecule has 0 bridgehead atoms. The summed E-state index contributed by atoms with van der Waals surface area (Å²) in [6.07, 6.45) is 7.31. The van der Waals surface area contributed by atoms with E-state index in [0.717, 1.165) is 6.42 Å². The SMILES string of the molecule is C[O][Ti]([O]C)[C]1=CC=CC1.Cl. The molecule has 1 aliphatic carbocycles. The largest absolute Gasteiger partial charge is 0.147 e. The van der Waals surface area contributed by atoms with Gasteiger partial charge >= 0.3 is 68.0 Å². The minimum atomic E-state index is -1.70. The standard InChI is InChI=1S/C5H5.2CH3O.ClH.Ti/c1-2-4-5-3-1;2*1-2;;/h1-3H,4H2;2*1H3;1H;/q;2*-1;;+2. The summed E-state index contributed by atoms with van der Waals surface area (Å²) >= 11 is -1.70. The molecule has 11 heavy (non-hydrogen) atoms. The minimum Gasteiger partial charge on any atom is -0.147 e. The summed E-state index contributed by atoms with van der Waals surface area (Å²) in [6, 6.07) is 0. The Morgan fingerprint density at radius 3 is 2.36 bits per heavy atom. The van der Waals surface area contributed by atoms with Gasteiger partial charge in [-0.1, -0.05) is 0 Å². The van der Waals surface area contributed by atoms with Gasteiger partial charge in [-0.2, -0.15) is 0 Å². The smallest absolute Gasteiger partial charge is 0.147 e. The molecule has 0 aromatic carbocycles. The number of allylic oxidation sites excluding steroid dienone is 4. The van der Waals surface area contributed by atoms with Crippen molar-refractivity contribution in [2.75, 3.05) is 14.2 Å². The van der Waals surface area contributed by atoms with Crippen LogP contribution in [0.4, 0.5) is 0 Å². The Morgan fingerprint density at radius 2 is 2.00 bits per heavy atom. The molecular weight excluding hydrogens is 199 g/mol. The summed E-state index contributed by atoms with van der Waals surface area (Å²) in [6.45, 7) is 0. The summed E-state index contributed by atoms with van der Waals surface area (Å²) in [5.41, 5.74) is 0. The molecule has 0 aromatic heterocycles. The van der Waals surface area contributed by atoms with Crippen LogP contribution < -0.4 is 0 Å². The zero-order chi connectivity index (χ0) is 7.40. The van der Waals surface area contributed by atoms with Gasteiger partial charge in [0, 0.05) is 0 Å². The first-order valence-electron chi connectivity index (χ1n) is 3.19. The van der Waals surface area contributed by atoms with E-state index in [4.69, 9.17) is 6.64 Å². The fraction of sp³-hybridized carbons (Fsp3) is 0.429. The fourth-order valence-electron chi connectivity index (χ4n) is 0.944. The van der Waals surface area contributed by atoms with Crippen LogP contribution in [-0.2, 0) is 25.3 Å². The molecule has 0 N–H and O–H groups in total. The zero-order valence-corrected chi connectivity index (χ0v) is 9.04. The van der Waals surface area contributed by atoms with Crippen molar-refractivity contribution in [3.05, 3.63) is 22.1 Å². The summed E-state index contributed by atoms with van der Waals surface area (Å²) in [7, 11) is 3.44. The molecule has 0 unspecified atom stereocenters. The van der Waals surface area contributed by atoms with Gasteiger partial charge in [0.2, 0.25) is 0 Å². The van der Waals surface area contributed by atoms with Crippen molar-refractivity contribution in [3.8, 4) is 0 Å². The van der Waals surface area contributed by atoms with Gasteiger partial charge < -0.3 is 0 Å². The Balaban J connectivity index is 0.000001000. The molecule has 4 heteroatoms. The van der Waals surface area contributed by atoms with Crippen molar-refractivity contribution in [1.29, 1.82) is 0 Å². The van der Waals surface area contributed by atoms with Crippen LogP contribution in [0.5, 0.6) is 0 Å². The van der Waals surface area contributed by atoms with E-state index in [1.807, 2.05) is 0 Å². The van der Waals surface area contributed by atoms with Crippen molar-refractivity contribution >= 4 is 12.4 Å². The molecule has 1 rings (SSSR count). The topological polar surface area (TPSA) is 18.5 Å². The van der Waals surface area contributed by atoms with Crippen molar-refractivity contribution < 1.29 is 25.3 Å². The van der Waals surface area contributed by atoms with E-state index in [0.29, 0.717) is 0 Å². The second-order valence-corrected chi connectivity index (χ2v) is 5.20. The average Bonchev–Trinajstić information content (AvgIpc) is 2.43. The van der Waals surface area contributed by atoms with Crippen LogP contribution in [-0.4, -0.2) is 14.2 Å².